The van der Waals surface area contributed by atoms with E-state index in [0.29, 0.717) is 38.6 Å². The number of hydrogen-bond donors (Lipinski definition) is 2. The number of methoxy groups -OCH3 is 2. The van der Waals surface area contributed by atoms with E-state index in [2.05, 4.69) is 25.5 Å². The molecule has 0 radical (unpaired) electrons. The number of nitrogens with one attached hydrogen (secondary N) is 2. The number of carbonyl (C=O) groups excluding carboxylic acids is 2. The molecule has 0 unspecified atom stereocenters. The van der Waals surface area contributed by atoms with E-state index in [-0.39, 0.29) is 17.5 Å². The highest BCUT2D eigenvalue weighted by molar-refractivity contribution is 6.36. The highest BCUT2D eigenvalue weighted by Gasteiger charge is 2.43. The third-order valence-corrected chi connectivity index (χ3v) is 9.38. The number of halogens is 1. The maximum absolute atomic E-state index is 13.2. The molecule has 0 atom stereocenters. The lowest BCUT2D eigenvalue weighted by atomic mass is 9.73. The average molecular weight is 656 g/mol. The van der Waals surface area contributed by atoms with Crippen LogP contribution in [0.3, 0.4) is 0 Å². The SMILES string of the molecule is COC(OC)c1ccc(C(=O)Nc2cccc(-c3cccc(NC(=O)c4ccc(CN5CC6(CCOCC6)C5)cn4)c3Cl)c2C)nc1. The van der Waals surface area contributed by atoms with Crippen molar-refractivity contribution >= 4 is 34.8 Å². The molecule has 4 aromatic rings. The molecule has 2 N–H and O–H groups in total. The van der Waals surface area contributed by atoms with Gasteiger partial charge in [0.1, 0.15) is 11.4 Å². The summed E-state index contributed by atoms with van der Waals surface area (Å²) in [5.74, 6) is -0.707. The van der Waals surface area contributed by atoms with E-state index in [4.69, 9.17) is 25.8 Å². The van der Waals surface area contributed by atoms with Crippen LogP contribution >= 0.6 is 11.6 Å². The fourth-order valence-electron chi connectivity index (χ4n) is 6.36. The molecule has 2 saturated heterocycles. The molecule has 6 rings (SSSR count). The standard InChI is InChI=1S/C36H38ClN5O5/c1-23-26(6-4-8-28(23)40-33(43)31-13-11-25(19-39-31)35(45-2)46-3)27-7-5-9-29(32(27)37)41-34(44)30-12-10-24(18-38-30)20-42-21-36(22-42)14-16-47-17-15-36/h4-13,18-19,35H,14-17,20-22H2,1-3H3,(H,40,43)(H,41,44). The third kappa shape index (κ3) is 7.22. The van der Waals surface area contributed by atoms with Crippen LogP contribution in [-0.4, -0.2) is 67.2 Å². The summed E-state index contributed by atoms with van der Waals surface area (Å²) in [6.45, 7) is 6.60. The summed E-state index contributed by atoms with van der Waals surface area (Å²) in [4.78, 5) is 37.3. The van der Waals surface area contributed by atoms with Gasteiger partial charge in [0.2, 0.25) is 0 Å². The molecule has 2 aromatic carbocycles. The molecule has 2 aliphatic heterocycles. The molecule has 2 amide bonds. The maximum Gasteiger partial charge on any atom is 0.274 e. The summed E-state index contributed by atoms with van der Waals surface area (Å²) in [6, 6.07) is 18.1. The van der Waals surface area contributed by atoms with Crippen molar-refractivity contribution in [2.45, 2.75) is 32.6 Å². The van der Waals surface area contributed by atoms with Crippen molar-refractivity contribution in [2.24, 2.45) is 5.41 Å². The second-order valence-corrected chi connectivity index (χ2v) is 12.5. The number of anilines is 2. The Morgan fingerprint density at radius 1 is 0.872 bits per heavy atom. The van der Waals surface area contributed by atoms with Crippen LogP contribution in [0.4, 0.5) is 11.4 Å². The van der Waals surface area contributed by atoms with Gasteiger partial charge in [-0.1, -0.05) is 48.0 Å². The third-order valence-electron chi connectivity index (χ3n) is 8.97. The van der Waals surface area contributed by atoms with Crippen molar-refractivity contribution in [1.82, 2.24) is 14.9 Å². The van der Waals surface area contributed by atoms with Gasteiger partial charge in [0.15, 0.2) is 6.29 Å². The highest BCUT2D eigenvalue weighted by Crippen LogP contribution is 2.40. The first-order chi connectivity index (χ1) is 22.8. The van der Waals surface area contributed by atoms with Crippen LogP contribution in [0.15, 0.2) is 73.1 Å². The number of amides is 2. The molecular weight excluding hydrogens is 618 g/mol. The van der Waals surface area contributed by atoms with E-state index < -0.39 is 6.29 Å². The Morgan fingerprint density at radius 2 is 1.49 bits per heavy atom. The minimum absolute atomic E-state index is 0.248. The summed E-state index contributed by atoms with van der Waals surface area (Å²) < 4.78 is 16.0. The van der Waals surface area contributed by atoms with Gasteiger partial charge in [0.25, 0.3) is 11.8 Å². The number of pyridine rings is 2. The van der Waals surface area contributed by atoms with Gasteiger partial charge in [0.05, 0.1) is 10.7 Å². The number of carbonyl (C=O) groups is 2. The second-order valence-electron chi connectivity index (χ2n) is 12.1. The van der Waals surface area contributed by atoms with Crippen LogP contribution in [0.2, 0.25) is 5.02 Å². The Balaban J connectivity index is 1.11. The fourth-order valence-corrected chi connectivity index (χ4v) is 6.64. The van der Waals surface area contributed by atoms with Gasteiger partial charge < -0.3 is 24.8 Å². The van der Waals surface area contributed by atoms with E-state index in [1.54, 1.807) is 36.7 Å². The summed E-state index contributed by atoms with van der Waals surface area (Å²) in [6.07, 6.45) is 5.02. The number of likely N-dealkylation sites (tertiary alicyclic amines) is 1. The van der Waals surface area contributed by atoms with Gasteiger partial charge in [-0.3, -0.25) is 24.5 Å². The fraction of sp³-hybridized carbons (Fsp3) is 0.333. The van der Waals surface area contributed by atoms with Crippen LogP contribution < -0.4 is 10.6 Å². The Labute approximate surface area is 279 Å². The Morgan fingerprint density at radius 3 is 2.11 bits per heavy atom. The average Bonchev–Trinajstić information content (AvgIpc) is 3.08. The molecule has 2 aliphatic rings. The second kappa shape index (κ2) is 14.3. The quantitative estimate of drug-likeness (QED) is 0.186. The summed E-state index contributed by atoms with van der Waals surface area (Å²) >= 11 is 6.87. The maximum atomic E-state index is 13.2. The normalized spacial score (nSPS) is 15.8. The minimum atomic E-state index is -0.563. The van der Waals surface area contributed by atoms with Gasteiger partial charge in [-0.25, -0.2) is 0 Å². The number of nitrogens with zero attached hydrogens (tertiary/aromatic N) is 3. The van der Waals surface area contributed by atoms with Crippen molar-refractivity contribution in [1.29, 1.82) is 0 Å². The van der Waals surface area contributed by atoms with Gasteiger partial charge in [-0.05, 0) is 60.7 Å². The molecule has 1 spiro atoms. The van der Waals surface area contributed by atoms with Gasteiger partial charge in [-0.15, -0.1) is 0 Å². The van der Waals surface area contributed by atoms with Gasteiger partial charge in [-0.2, -0.15) is 0 Å². The summed E-state index contributed by atoms with van der Waals surface area (Å²) in [5, 5.41) is 6.24. The topological polar surface area (TPSA) is 115 Å². The lowest BCUT2D eigenvalue weighted by Gasteiger charge is -2.52. The van der Waals surface area contributed by atoms with E-state index in [9.17, 15) is 9.59 Å². The molecule has 0 bridgehead atoms. The number of aromatic nitrogens is 2. The van der Waals surface area contributed by atoms with Crippen molar-refractivity contribution in [3.63, 3.8) is 0 Å². The first kappa shape index (κ1) is 32.7. The van der Waals surface area contributed by atoms with Crippen molar-refractivity contribution in [2.75, 3.05) is 51.2 Å². The van der Waals surface area contributed by atoms with Crippen LogP contribution in [-0.2, 0) is 20.8 Å². The number of ether oxygens (including phenoxy) is 3. The lowest BCUT2D eigenvalue weighted by molar-refractivity contribution is -0.106. The lowest BCUT2D eigenvalue weighted by Crippen LogP contribution is -2.57. The minimum Gasteiger partial charge on any atom is -0.381 e. The first-order valence-corrected chi connectivity index (χ1v) is 15.9. The van der Waals surface area contributed by atoms with Crippen molar-refractivity contribution in [3.8, 4) is 11.1 Å². The molecule has 0 saturated carbocycles. The van der Waals surface area contributed by atoms with Crippen LogP contribution in [0.25, 0.3) is 11.1 Å². The molecule has 2 aromatic heterocycles. The van der Waals surface area contributed by atoms with E-state index in [0.717, 1.165) is 62.4 Å². The zero-order chi connectivity index (χ0) is 33.0. The summed E-state index contributed by atoms with van der Waals surface area (Å²) in [5.41, 5.74) is 6.15. The molecular formula is C36H38ClN5O5. The predicted molar refractivity (Wildman–Crippen MR) is 181 cm³/mol. The molecule has 10 nitrogen and oxygen atoms in total. The summed E-state index contributed by atoms with van der Waals surface area (Å²) in [7, 11) is 3.07. The van der Waals surface area contributed by atoms with Gasteiger partial charge in [0, 0.05) is 81.7 Å². The molecule has 2 fully saturated rings. The zero-order valence-electron chi connectivity index (χ0n) is 26.7. The predicted octanol–water partition coefficient (Wildman–Crippen LogP) is 6.51. The zero-order valence-corrected chi connectivity index (χ0v) is 27.5. The largest absolute Gasteiger partial charge is 0.381 e. The van der Waals surface area contributed by atoms with Crippen LogP contribution in [0.1, 0.15) is 56.8 Å². The first-order valence-electron chi connectivity index (χ1n) is 15.6. The smallest absolute Gasteiger partial charge is 0.274 e. The Bertz CT molecular complexity index is 1730. The van der Waals surface area contributed by atoms with Crippen LogP contribution in [0.5, 0.6) is 0 Å². The van der Waals surface area contributed by atoms with Crippen molar-refractivity contribution in [3.05, 3.63) is 106 Å². The monoisotopic (exact) mass is 655 g/mol. The molecule has 0 aliphatic carbocycles. The molecule has 244 valence electrons. The molecule has 4 heterocycles. The number of rotatable bonds is 10. The number of hydrogen-bond acceptors (Lipinski definition) is 8. The van der Waals surface area contributed by atoms with Crippen LogP contribution in [0, 0.1) is 12.3 Å². The Hall–Kier alpha value is -4.19. The van der Waals surface area contributed by atoms with E-state index in [1.807, 2.05) is 43.3 Å². The highest BCUT2D eigenvalue weighted by atomic mass is 35.5. The number of benzene rings is 2. The van der Waals surface area contributed by atoms with Crippen molar-refractivity contribution < 1.29 is 23.8 Å². The van der Waals surface area contributed by atoms with E-state index in [1.165, 1.54) is 14.2 Å². The Kier molecular flexibility index (Phi) is 9.95. The van der Waals surface area contributed by atoms with E-state index >= 15 is 0 Å². The molecule has 47 heavy (non-hydrogen) atoms. The van der Waals surface area contributed by atoms with Gasteiger partial charge >= 0.3 is 0 Å². The molecule has 11 heteroatoms.